The van der Waals surface area contributed by atoms with Gasteiger partial charge in [-0.15, -0.1) is 0 Å². The van der Waals surface area contributed by atoms with Crippen molar-refractivity contribution in [3.63, 3.8) is 0 Å². The Morgan fingerprint density at radius 3 is 2.32 bits per heavy atom. The second kappa shape index (κ2) is 14.1. The summed E-state index contributed by atoms with van der Waals surface area (Å²) < 4.78 is 15.6. The van der Waals surface area contributed by atoms with Gasteiger partial charge < -0.3 is 24.6 Å². The molecule has 0 spiro atoms. The largest absolute Gasteiger partial charge is 0.484 e. The van der Waals surface area contributed by atoms with Crippen LogP contribution < -0.4 is 10.1 Å². The van der Waals surface area contributed by atoms with Gasteiger partial charge in [0.1, 0.15) is 6.61 Å². The molecule has 2 N–H and O–H groups in total. The fourth-order valence-corrected chi connectivity index (χ4v) is 1.72. The fourth-order valence-electron chi connectivity index (χ4n) is 1.72. The van der Waals surface area contributed by atoms with Gasteiger partial charge in [0.25, 0.3) is 5.91 Å². The summed E-state index contributed by atoms with van der Waals surface area (Å²) in [5.74, 6) is -0.556. The van der Waals surface area contributed by atoms with E-state index in [4.69, 9.17) is 19.3 Å². The van der Waals surface area contributed by atoms with E-state index in [1.807, 2.05) is 13.8 Å². The predicted octanol–water partition coefficient (Wildman–Crippen LogP) is 1.38. The highest BCUT2D eigenvalue weighted by Gasteiger charge is 2.22. The van der Waals surface area contributed by atoms with Crippen molar-refractivity contribution < 1.29 is 29.0 Å². The third-order valence-corrected chi connectivity index (χ3v) is 2.74. The predicted molar refractivity (Wildman–Crippen MR) is 92.1 cm³/mol. The van der Waals surface area contributed by atoms with Crippen LogP contribution in [-0.2, 0) is 9.47 Å². The Balaban J connectivity index is 0.00000277. The molecule has 0 fully saturated rings. The van der Waals surface area contributed by atoms with Crippen molar-refractivity contribution in [3.05, 3.63) is 33.9 Å². The fraction of sp³-hybridized carbons (Fsp3) is 0.562. The summed E-state index contributed by atoms with van der Waals surface area (Å²) in [5, 5.41) is 22.0. The number of nitro benzene ring substituents is 1. The topological polar surface area (TPSA) is 120 Å². The van der Waals surface area contributed by atoms with E-state index in [2.05, 4.69) is 5.32 Å². The number of nitrogens with one attached hydrogen (secondary N) is 1. The van der Waals surface area contributed by atoms with E-state index in [0.29, 0.717) is 13.2 Å². The van der Waals surface area contributed by atoms with Gasteiger partial charge in [0.2, 0.25) is 5.75 Å². The van der Waals surface area contributed by atoms with Gasteiger partial charge in [0, 0.05) is 13.1 Å². The lowest BCUT2D eigenvalue weighted by Gasteiger charge is -2.11. The number of nitro groups is 1. The van der Waals surface area contributed by atoms with E-state index in [0.717, 1.165) is 0 Å². The summed E-state index contributed by atoms with van der Waals surface area (Å²) in [5.41, 5.74) is -0.189. The molecule has 0 aliphatic heterocycles. The van der Waals surface area contributed by atoms with Crippen molar-refractivity contribution in [2.75, 3.05) is 46.7 Å². The summed E-state index contributed by atoms with van der Waals surface area (Å²) >= 11 is 0. The lowest BCUT2D eigenvalue weighted by atomic mass is 10.1. The number of carbonyl (C=O) groups excluding carboxylic acids is 1. The summed E-state index contributed by atoms with van der Waals surface area (Å²) in [4.78, 5) is 22.2. The number of amides is 1. The molecule has 0 saturated carbocycles. The van der Waals surface area contributed by atoms with Crippen molar-refractivity contribution in [3.8, 4) is 5.75 Å². The van der Waals surface area contributed by atoms with Crippen LogP contribution in [0.15, 0.2) is 18.2 Å². The van der Waals surface area contributed by atoms with Gasteiger partial charge >= 0.3 is 5.69 Å². The number of aliphatic hydroxyl groups is 1. The number of rotatable bonds is 11. The second-order valence-electron chi connectivity index (χ2n) is 4.29. The standard InChI is InChI=1S/C14H20N2O7.C2H6/c1-15-14(18)11-3-2-4-12(16(19)20)13(11)23-10-9-22-8-7-21-6-5-17;1-2/h2-4,17H,5-10H2,1H3,(H,15,18);1-2H3. The number of aliphatic hydroxyl groups excluding tert-OH is 1. The minimum atomic E-state index is -0.606. The molecule has 0 aliphatic carbocycles. The highest BCUT2D eigenvalue weighted by molar-refractivity contribution is 5.98. The van der Waals surface area contributed by atoms with Gasteiger partial charge in [-0.05, 0) is 6.07 Å². The number of hydrogen-bond donors (Lipinski definition) is 2. The first-order valence-electron chi connectivity index (χ1n) is 8.00. The molecule has 0 aromatic heterocycles. The molecule has 9 heteroatoms. The van der Waals surface area contributed by atoms with Gasteiger partial charge in [-0.25, -0.2) is 0 Å². The molecule has 0 heterocycles. The molecule has 9 nitrogen and oxygen atoms in total. The van der Waals surface area contributed by atoms with Crippen LogP contribution in [0.25, 0.3) is 0 Å². The van der Waals surface area contributed by atoms with Crippen LogP contribution in [-0.4, -0.2) is 62.6 Å². The summed E-state index contributed by atoms with van der Waals surface area (Å²) in [6.45, 7) is 5.06. The number of ether oxygens (including phenoxy) is 3. The van der Waals surface area contributed by atoms with Gasteiger partial charge in [-0.2, -0.15) is 0 Å². The van der Waals surface area contributed by atoms with Crippen LogP contribution in [0.5, 0.6) is 5.75 Å². The SMILES string of the molecule is CC.CNC(=O)c1cccc([N+](=O)[O-])c1OCCOCCOCCO. The Hall–Kier alpha value is -2.23. The van der Waals surface area contributed by atoms with E-state index in [1.165, 1.54) is 25.2 Å². The minimum absolute atomic E-state index is 0.0504. The molecule has 1 aromatic carbocycles. The zero-order valence-electron chi connectivity index (χ0n) is 14.8. The average Bonchev–Trinajstić information content (AvgIpc) is 2.64. The third kappa shape index (κ3) is 8.43. The molecule has 1 amide bonds. The van der Waals surface area contributed by atoms with Crippen LogP contribution in [0.3, 0.4) is 0 Å². The maximum absolute atomic E-state index is 11.8. The zero-order chi connectivity index (χ0) is 19.1. The van der Waals surface area contributed by atoms with Crippen molar-refractivity contribution >= 4 is 11.6 Å². The minimum Gasteiger partial charge on any atom is -0.484 e. The van der Waals surface area contributed by atoms with Gasteiger partial charge in [0.15, 0.2) is 0 Å². The molecule has 25 heavy (non-hydrogen) atoms. The molecular weight excluding hydrogens is 332 g/mol. The molecule has 0 saturated heterocycles. The highest BCUT2D eigenvalue weighted by Crippen LogP contribution is 2.30. The zero-order valence-corrected chi connectivity index (χ0v) is 14.8. The molecule has 142 valence electrons. The quantitative estimate of drug-likeness (QED) is 0.348. The summed E-state index contributed by atoms with van der Waals surface area (Å²) in [6, 6.07) is 4.14. The summed E-state index contributed by atoms with van der Waals surface area (Å²) in [6.07, 6.45) is 0. The van der Waals surface area contributed by atoms with E-state index in [9.17, 15) is 14.9 Å². The van der Waals surface area contributed by atoms with Crippen LogP contribution >= 0.6 is 0 Å². The maximum atomic E-state index is 11.8. The second-order valence-corrected chi connectivity index (χ2v) is 4.29. The number of carbonyl (C=O) groups is 1. The Morgan fingerprint density at radius 1 is 1.16 bits per heavy atom. The third-order valence-electron chi connectivity index (χ3n) is 2.74. The Kier molecular flexibility index (Phi) is 12.9. The molecule has 0 aliphatic rings. The van der Waals surface area contributed by atoms with Crippen LogP contribution in [0.2, 0.25) is 0 Å². The molecule has 0 radical (unpaired) electrons. The first-order valence-corrected chi connectivity index (χ1v) is 8.00. The Bertz CT molecular complexity index is 523. The monoisotopic (exact) mass is 358 g/mol. The smallest absolute Gasteiger partial charge is 0.311 e. The summed E-state index contributed by atoms with van der Waals surface area (Å²) in [7, 11) is 1.43. The molecule has 1 aromatic rings. The van der Waals surface area contributed by atoms with Crippen molar-refractivity contribution in [2.24, 2.45) is 0 Å². The van der Waals surface area contributed by atoms with Crippen LogP contribution in [0, 0.1) is 10.1 Å². The van der Waals surface area contributed by atoms with Crippen molar-refractivity contribution in [1.29, 1.82) is 0 Å². The number of para-hydroxylation sites is 1. The van der Waals surface area contributed by atoms with E-state index in [1.54, 1.807) is 0 Å². The maximum Gasteiger partial charge on any atom is 0.311 e. The molecular formula is C16H26N2O7. The normalized spacial score (nSPS) is 9.76. The van der Waals surface area contributed by atoms with E-state index < -0.39 is 10.8 Å². The lowest BCUT2D eigenvalue weighted by Crippen LogP contribution is -2.20. The molecule has 0 atom stereocenters. The van der Waals surface area contributed by atoms with E-state index in [-0.39, 0.29) is 43.4 Å². The number of hydrogen-bond acceptors (Lipinski definition) is 7. The molecule has 1 rings (SSSR count). The first kappa shape index (κ1) is 22.8. The van der Waals surface area contributed by atoms with Crippen LogP contribution in [0.1, 0.15) is 24.2 Å². The van der Waals surface area contributed by atoms with Crippen molar-refractivity contribution in [2.45, 2.75) is 13.8 Å². The highest BCUT2D eigenvalue weighted by atomic mass is 16.6. The van der Waals surface area contributed by atoms with Gasteiger partial charge in [0.05, 0.1) is 43.5 Å². The number of benzene rings is 1. The number of nitrogens with zero attached hydrogens (tertiary/aromatic N) is 1. The molecule has 0 unspecified atom stereocenters. The van der Waals surface area contributed by atoms with Crippen LogP contribution in [0.4, 0.5) is 5.69 Å². The van der Waals surface area contributed by atoms with Crippen molar-refractivity contribution in [1.82, 2.24) is 5.32 Å². The first-order chi connectivity index (χ1) is 12.1. The van der Waals surface area contributed by atoms with Gasteiger partial charge in [-0.3, -0.25) is 14.9 Å². The average molecular weight is 358 g/mol. The Labute approximate surface area is 147 Å². The lowest BCUT2D eigenvalue weighted by molar-refractivity contribution is -0.385. The Morgan fingerprint density at radius 2 is 1.76 bits per heavy atom. The van der Waals surface area contributed by atoms with E-state index >= 15 is 0 Å². The van der Waals surface area contributed by atoms with Gasteiger partial charge in [-0.1, -0.05) is 19.9 Å². The molecule has 0 bridgehead atoms.